The van der Waals surface area contributed by atoms with E-state index < -0.39 is 6.10 Å². The zero-order chi connectivity index (χ0) is 12.8. The van der Waals surface area contributed by atoms with Crippen LogP contribution in [0.3, 0.4) is 0 Å². The molecule has 0 saturated heterocycles. The van der Waals surface area contributed by atoms with Crippen LogP contribution in [0.25, 0.3) is 0 Å². The lowest BCUT2D eigenvalue weighted by molar-refractivity contribution is -0.125. The van der Waals surface area contributed by atoms with Crippen molar-refractivity contribution in [2.45, 2.75) is 24.3 Å². The Hall–Kier alpha value is -1.07. The molecule has 1 amide bonds. The molecule has 1 N–H and O–H groups in total. The topological polar surface area (TPSA) is 53.4 Å². The smallest absolute Gasteiger partial charge is 0.232 e. The molecule has 0 unspecified atom stereocenters. The second-order valence-electron chi connectivity index (χ2n) is 3.92. The SMILES string of the molecule is CC[C@@H](O)c1ccc(SCC(=O)N(C)C)cn1. The van der Waals surface area contributed by atoms with E-state index in [1.165, 1.54) is 11.8 Å². The van der Waals surface area contributed by atoms with Crippen molar-refractivity contribution in [1.29, 1.82) is 0 Å². The highest BCUT2D eigenvalue weighted by atomic mass is 32.2. The quantitative estimate of drug-likeness (QED) is 0.813. The van der Waals surface area contributed by atoms with Gasteiger partial charge in [-0.15, -0.1) is 11.8 Å². The van der Waals surface area contributed by atoms with E-state index >= 15 is 0 Å². The lowest BCUT2D eigenvalue weighted by atomic mass is 10.2. The van der Waals surface area contributed by atoms with Gasteiger partial charge in [0.15, 0.2) is 0 Å². The maximum absolute atomic E-state index is 11.4. The zero-order valence-electron chi connectivity index (χ0n) is 10.4. The van der Waals surface area contributed by atoms with E-state index in [2.05, 4.69) is 4.98 Å². The molecule has 0 aliphatic carbocycles. The van der Waals surface area contributed by atoms with Crippen LogP contribution >= 0.6 is 11.8 Å². The van der Waals surface area contributed by atoms with Crippen molar-refractivity contribution in [3.8, 4) is 0 Å². The van der Waals surface area contributed by atoms with E-state index in [4.69, 9.17) is 0 Å². The van der Waals surface area contributed by atoms with Crippen LogP contribution in [0.2, 0.25) is 0 Å². The van der Waals surface area contributed by atoms with E-state index in [9.17, 15) is 9.90 Å². The molecule has 0 radical (unpaired) electrons. The largest absolute Gasteiger partial charge is 0.387 e. The summed E-state index contributed by atoms with van der Waals surface area (Å²) in [6.45, 7) is 1.91. The first kappa shape index (κ1) is 14.0. The maximum Gasteiger partial charge on any atom is 0.232 e. The zero-order valence-corrected chi connectivity index (χ0v) is 11.2. The third-order valence-corrected chi connectivity index (χ3v) is 3.31. The second kappa shape index (κ2) is 6.61. The van der Waals surface area contributed by atoms with E-state index in [1.54, 1.807) is 31.3 Å². The molecule has 17 heavy (non-hydrogen) atoms. The Bertz CT molecular complexity index is 365. The molecule has 1 heterocycles. The van der Waals surface area contributed by atoms with Crippen molar-refractivity contribution in [3.05, 3.63) is 24.0 Å². The van der Waals surface area contributed by atoms with E-state index in [0.29, 0.717) is 17.9 Å². The van der Waals surface area contributed by atoms with Gasteiger partial charge in [-0.05, 0) is 18.6 Å². The summed E-state index contributed by atoms with van der Waals surface area (Å²) < 4.78 is 0. The second-order valence-corrected chi connectivity index (χ2v) is 4.97. The van der Waals surface area contributed by atoms with Crippen molar-refractivity contribution in [3.63, 3.8) is 0 Å². The fourth-order valence-corrected chi connectivity index (χ4v) is 2.00. The van der Waals surface area contributed by atoms with Gasteiger partial charge in [0.25, 0.3) is 0 Å². The van der Waals surface area contributed by atoms with Gasteiger partial charge < -0.3 is 10.0 Å². The van der Waals surface area contributed by atoms with Crippen LogP contribution < -0.4 is 0 Å². The van der Waals surface area contributed by atoms with Crippen LogP contribution in [0.5, 0.6) is 0 Å². The Kier molecular flexibility index (Phi) is 5.44. The number of aliphatic hydroxyl groups excluding tert-OH is 1. The predicted molar refractivity (Wildman–Crippen MR) is 68.9 cm³/mol. The molecule has 1 rings (SSSR count). The summed E-state index contributed by atoms with van der Waals surface area (Å²) in [4.78, 5) is 18.1. The average Bonchev–Trinajstić information content (AvgIpc) is 2.35. The molecule has 4 nitrogen and oxygen atoms in total. The molecule has 1 aromatic rings. The lowest BCUT2D eigenvalue weighted by Crippen LogP contribution is -2.23. The summed E-state index contributed by atoms with van der Waals surface area (Å²) in [5.74, 6) is 0.484. The van der Waals surface area contributed by atoms with Crippen LogP contribution in [0.15, 0.2) is 23.2 Å². The third-order valence-electron chi connectivity index (χ3n) is 2.35. The minimum atomic E-state index is -0.502. The molecule has 0 spiro atoms. The number of carbonyl (C=O) groups is 1. The van der Waals surface area contributed by atoms with Crippen molar-refractivity contribution >= 4 is 17.7 Å². The molecule has 0 aliphatic rings. The summed E-state index contributed by atoms with van der Waals surface area (Å²) in [6.07, 6.45) is 1.85. The number of carbonyl (C=O) groups excluding carboxylic acids is 1. The predicted octanol–water partition coefficient (Wildman–Crippen LogP) is 1.71. The van der Waals surface area contributed by atoms with Gasteiger partial charge in [-0.25, -0.2) is 0 Å². The molecule has 0 aliphatic heterocycles. The summed E-state index contributed by atoms with van der Waals surface area (Å²) in [7, 11) is 3.48. The molecule has 94 valence electrons. The molecule has 5 heteroatoms. The molecular weight excluding hydrogens is 236 g/mol. The van der Waals surface area contributed by atoms with Crippen LogP contribution in [0.1, 0.15) is 25.1 Å². The monoisotopic (exact) mass is 254 g/mol. The molecule has 0 bridgehead atoms. The molecular formula is C12H18N2O2S. The molecule has 0 aromatic carbocycles. The number of hydrogen-bond acceptors (Lipinski definition) is 4. The third kappa shape index (κ3) is 4.36. The first-order valence-electron chi connectivity index (χ1n) is 5.51. The Morgan fingerprint density at radius 1 is 1.53 bits per heavy atom. The highest BCUT2D eigenvalue weighted by Crippen LogP contribution is 2.20. The number of aromatic nitrogens is 1. The maximum atomic E-state index is 11.4. The molecule has 1 atom stereocenters. The summed E-state index contributed by atoms with van der Waals surface area (Å²) in [5.41, 5.74) is 0.677. The standard InChI is InChI=1S/C12H18N2O2S/c1-4-11(15)10-6-5-9(7-13-10)17-8-12(16)14(2)3/h5-7,11,15H,4,8H2,1-3H3/t11-/m1/s1. The van der Waals surface area contributed by atoms with E-state index in [1.807, 2.05) is 13.0 Å². The normalized spacial score (nSPS) is 12.2. The number of pyridine rings is 1. The van der Waals surface area contributed by atoms with Crippen molar-refractivity contribution in [2.75, 3.05) is 19.8 Å². The molecule has 0 fully saturated rings. The van der Waals surface area contributed by atoms with Gasteiger partial charge in [-0.1, -0.05) is 6.92 Å². The molecule has 1 aromatic heterocycles. The molecule has 0 saturated carbocycles. The summed E-state index contributed by atoms with van der Waals surface area (Å²) in [5, 5.41) is 9.58. The van der Waals surface area contributed by atoms with Gasteiger partial charge in [-0.3, -0.25) is 9.78 Å². The van der Waals surface area contributed by atoms with Gasteiger partial charge in [0.2, 0.25) is 5.91 Å². The fourth-order valence-electron chi connectivity index (χ4n) is 1.16. The van der Waals surface area contributed by atoms with Crippen LogP contribution in [0.4, 0.5) is 0 Å². The summed E-state index contributed by atoms with van der Waals surface area (Å²) >= 11 is 1.45. The first-order valence-corrected chi connectivity index (χ1v) is 6.50. The van der Waals surface area contributed by atoms with Crippen LogP contribution in [-0.2, 0) is 4.79 Å². The first-order chi connectivity index (χ1) is 8.04. The highest BCUT2D eigenvalue weighted by molar-refractivity contribution is 8.00. The number of aliphatic hydroxyl groups is 1. The number of rotatable bonds is 5. The fraction of sp³-hybridized carbons (Fsp3) is 0.500. The number of nitrogens with zero attached hydrogens (tertiary/aromatic N) is 2. The number of hydrogen-bond donors (Lipinski definition) is 1. The van der Waals surface area contributed by atoms with Gasteiger partial charge in [0.1, 0.15) is 0 Å². The number of amides is 1. The average molecular weight is 254 g/mol. The Morgan fingerprint density at radius 3 is 2.71 bits per heavy atom. The Labute approximate surface area is 106 Å². The number of thioether (sulfide) groups is 1. The highest BCUT2D eigenvalue weighted by Gasteiger charge is 2.08. The minimum Gasteiger partial charge on any atom is -0.387 e. The minimum absolute atomic E-state index is 0.0765. The van der Waals surface area contributed by atoms with Crippen molar-refractivity contribution < 1.29 is 9.90 Å². The Balaban J connectivity index is 2.54. The summed E-state index contributed by atoms with van der Waals surface area (Å²) in [6, 6.07) is 3.69. The van der Waals surface area contributed by atoms with Gasteiger partial charge >= 0.3 is 0 Å². The van der Waals surface area contributed by atoms with Crippen LogP contribution in [0, 0.1) is 0 Å². The van der Waals surface area contributed by atoms with Gasteiger partial charge in [0.05, 0.1) is 17.6 Å². The van der Waals surface area contributed by atoms with Crippen molar-refractivity contribution in [1.82, 2.24) is 9.88 Å². The van der Waals surface area contributed by atoms with Crippen LogP contribution in [-0.4, -0.2) is 40.7 Å². The lowest BCUT2D eigenvalue weighted by Gasteiger charge is -2.10. The van der Waals surface area contributed by atoms with E-state index in [0.717, 1.165) is 4.90 Å². The van der Waals surface area contributed by atoms with Gasteiger partial charge in [-0.2, -0.15) is 0 Å². The van der Waals surface area contributed by atoms with Crippen molar-refractivity contribution in [2.24, 2.45) is 0 Å². The van der Waals surface area contributed by atoms with Gasteiger partial charge in [0, 0.05) is 25.2 Å². The Morgan fingerprint density at radius 2 is 2.24 bits per heavy atom. The van der Waals surface area contributed by atoms with E-state index in [-0.39, 0.29) is 5.91 Å².